The Bertz CT molecular complexity index is 549. The Balaban J connectivity index is 3.08. The smallest absolute Gasteiger partial charge is 0.466 e. The monoisotopic (exact) mass is 291 g/mol. The predicted molar refractivity (Wildman–Crippen MR) is 58.1 cm³/mol. The third-order valence-electron chi connectivity index (χ3n) is 2.14. The van der Waals surface area contributed by atoms with Gasteiger partial charge in [-0.2, -0.15) is 5.26 Å². The molecule has 0 N–H and O–H groups in total. The van der Waals surface area contributed by atoms with E-state index in [1.165, 1.54) is 0 Å². The van der Waals surface area contributed by atoms with Crippen LogP contribution in [0.1, 0.15) is 18.1 Å². The fourth-order valence-electron chi connectivity index (χ4n) is 1.42. The van der Waals surface area contributed by atoms with Gasteiger partial charge in [-0.05, 0) is 18.6 Å². The molecule has 1 aromatic carbocycles. The first-order valence-corrected chi connectivity index (χ1v) is 5.40. The van der Waals surface area contributed by atoms with E-state index in [4.69, 9.17) is 5.26 Å². The summed E-state index contributed by atoms with van der Waals surface area (Å²) in [5.74, 6) is -3.16. The maximum atomic E-state index is 13.4. The Morgan fingerprint density at radius 3 is 2.55 bits per heavy atom. The van der Waals surface area contributed by atoms with Gasteiger partial charge in [0, 0.05) is 6.07 Å². The molecule has 0 aliphatic carbocycles. The van der Waals surface area contributed by atoms with Crippen LogP contribution in [0.4, 0.5) is 17.6 Å². The van der Waals surface area contributed by atoms with Crippen molar-refractivity contribution in [3.05, 3.63) is 29.1 Å². The van der Waals surface area contributed by atoms with Crippen molar-refractivity contribution in [3.63, 3.8) is 0 Å². The van der Waals surface area contributed by atoms with Crippen molar-refractivity contribution in [1.29, 1.82) is 5.26 Å². The van der Waals surface area contributed by atoms with E-state index >= 15 is 0 Å². The summed E-state index contributed by atoms with van der Waals surface area (Å²) in [4.78, 5) is 11.2. The SMILES string of the molecule is CCOC(=O)Cc1cc(F)c(OC(F)(F)F)cc1C#N. The van der Waals surface area contributed by atoms with Crippen molar-refractivity contribution in [3.8, 4) is 11.8 Å². The zero-order chi connectivity index (χ0) is 15.3. The Morgan fingerprint density at radius 2 is 2.05 bits per heavy atom. The quantitative estimate of drug-likeness (QED) is 0.632. The number of carbonyl (C=O) groups excluding carboxylic acids is 1. The van der Waals surface area contributed by atoms with Gasteiger partial charge < -0.3 is 9.47 Å². The number of rotatable bonds is 4. The molecule has 0 aromatic heterocycles. The second kappa shape index (κ2) is 6.23. The number of nitrogens with zero attached hydrogens (tertiary/aromatic N) is 1. The summed E-state index contributed by atoms with van der Waals surface area (Å²) in [7, 11) is 0. The van der Waals surface area contributed by atoms with Crippen LogP contribution in [0.3, 0.4) is 0 Å². The lowest BCUT2D eigenvalue weighted by atomic mass is 10.0. The van der Waals surface area contributed by atoms with Gasteiger partial charge in [-0.1, -0.05) is 0 Å². The molecule has 0 aliphatic heterocycles. The molecule has 0 heterocycles. The van der Waals surface area contributed by atoms with Gasteiger partial charge in [0.2, 0.25) is 0 Å². The standard InChI is InChI=1S/C12H9F4NO3/c1-2-19-11(18)5-7-3-9(13)10(4-8(7)6-17)20-12(14,15)16/h3-4H,2,5H2,1H3. The van der Waals surface area contributed by atoms with E-state index in [9.17, 15) is 22.4 Å². The molecule has 0 radical (unpaired) electrons. The second-order valence-corrected chi connectivity index (χ2v) is 3.58. The number of benzene rings is 1. The van der Waals surface area contributed by atoms with Crippen LogP contribution in [0.2, 0.25) is 0 Å². The molecule has 0 unspecified atom stereocenters. The first-order valence-electron chi connectivity index (χ1n) is 5.40. The van der Waals surface area contributed by atoms with Gasteiger partial charge in [0.25, 0.3) is 0 Å². The fourth-order valence-corrected chi connectivity index (χ4v) is 1.42. The minimum absolute atomic E-state index is 0.0713. The molecular formula is C12H9F4NO3. The van der Waals surface area contributed by atoms with E-state index in [2.05, 4.69) is 9.47 Å². The molecule has 0 fully saturated rings. The number of esters is 1. The lowest BCUT2D eigenvalue weighted by molar-refractivity contribution is -0.275. The molecule has 20 heavy (non-hydrogen) atoms. The highest BCUT2D eigenvalue weighted by atomic mass is 19.4. The topological polar surface area (TPSA) is 59.3 Å². The summed E-state index contributed by atoms with van der Waals surface area (Å²) < 4.78 is 57.6. The average Bonchev–Trinajstić information content (AvgIpc) is 2.31. The van der Waals surface area contributed by atoms with Gasteiger partial charge in [-0.3, -0.25) is 4.79 Å². The van der Waals surface area contributed by atoms with E-state index in [1.807, 2.05) is 0 Å². The van der Waals surface area contributed by atoms with Crippen LogP contribution in [0.15, 0.2) is 12.1 Å². The van der Waals surface area contributed by atoms with E-state index in [0.717, 1.165) is 0 Å². The zero-order valence-corrected chi connectivity index (χ0v) is 10.3. The number of hydrogen-bond acceptors (Lipinski definition) is 4. The molecule has 0 aliphatic rings. The molecule has 108 valence electrons. The highest BCUT2D eigenvalue weighted by Crippen LogP contribution is 2.28. The molecule has 0 bridgehead atoms. The molecular weight excluding hydrogens is 282 g/mol. The predicted octanol–water partition coefficient (Wildman–Crippen LogP) is 2.70. The van der Waals surface area contributed by atoms with E-state index in [-0.39, 0.29) is 17.7 Å². The van der Waals surface area contributed by atoms with Crippen molar-refractivity contribution in [1.82, 2.24) is 0 Å². The summed E-state index contributed by atoms with van der Waals surface area (Å²) in [5.41, 5.74) is -0.364. The maximum absolute atomic E-state index is 13.4. The van der Waals surface area contributed by atoms with Gasteiger partial charge in [0.05, 0.1) is 24.7 Å². The van der Waals surface area contributed by atoms with E-state index in [0.29, 0.717) is 12.1 Å². The summed E-state index contributed by atoms with van der Waals surface area (Å²) >= 11 is 0. The number of carbonyl (C=O) groups is 1. The molecule has 0 amide bonds. The van der Waals surface area contributed by atoms with E-state index in [1.54, 1.807) is 13.0 Å². The van der Waals surface area contributed by atoms with Crippen molar-refractivity contribution in [2.75, 3.05) is 6.61 Å². The minimum atomic E-state index is -5.07. The number of hydrogen-bond donors (Lipinski definition) is 0. The number of nitriles is 1. The van der Waals surface area contributed by atoms with Gasteiger partial charge >= 0.3 is 12.3 Å². The van der Waals surface area contributed by atoms with Crippen molar-refractivity contribution in [2.45, 2.75) is 19.7 Å². The molecule has 4 nitrogen and oxygen atoms in total. The second-order valence-electron chi connectivity index (χ2n) is 3.58. The minimum Gasteiger partial charge on any atom is -0.466 e. The zero-order valence-electron chi connectivity index (χ0n) is 10.3. The molecule has 0 saturated heterocycles. The fraction of sp³-hybridized carbons (Fsp3) is 0.333. The van der Waals surface area contributed by atoms with Gasteiger partial charge in [-0.25, -0.2) is 4.39 Å². The normalized spacial score (nSPS) is 10.8. The summed E-state index contributed by atoms with van der Waals surface area (Å²) in [6.07, 6.45) is -5.49. The Labute approximate surface area is 111 Å². The van der Waals surface area contributed by atoms with Gasteiger partial charge in [0.1, 0.15) is 0 Å². The van der Waals surface area contributed by atoms with Crippen LogP contribution in [-0.2, 0) is 16.0 Å². The third-order valence-corrected chi connectivity index (χ3v) is 2.14. The Hall–Kier alpha value is -2.30. The largest absolute Gasteiger partial charge is 0.573 e. The Kier molecular flexibility index (Phi) is 4.91. The first-order chi connectivity index (χ1) is 9.26. The lowest BCUT2D eigenvalue weighted by Crippen LogP contribution is -2.18. The highest BCUT2D eigenvalue weighted by molar-refractivity contribution is 5.73. The van der Waals surface area contributed by atoms with Gasteiger partial charge in [-0.15, -0.1) is 13.2 Å². The van der Waals surface area contributed by atoms with Crippen LogP contribution in [-0.4, -0.2) is 18.9 Å². The van der Waals surface area contributed by atoms with Crippen molar-refractivity contribution < 1.29 is 31.8 Å². The summed E-state index contributed by atoms with van der Waals surface area (Å²) in [5, 5.41) is 8.81. The average molecular weight is 291 g/mol. The lowest BCUT2D eigenvalue weighted by Gasteiger charge is -2.11. The van der Waals surface area contributed by atoms with Crippen LogP contribution < -0.4 is 4.74 Å². The number of halogens is 4. The van der Waals surface area contributed by atoms with Crippen molar-refractivity contribution >= 4 is 5.97 Å². The van der Waals surface area contributed by atoms with Crippen LogP contribution in [0, 0.1) is 17.1 Å². The summed E-state index contributed by atoms with van der Waals surface area (Å²) in [6, 6.07) is 2.82. The Morgan fingerprint density at radius 1 is 1.40 bits per heavy atom. The first kappa shape index (κ1) is 15.8. The number of ether oxygens (including phenoxy) is 2. The summed E-state index contributed by atoms with van der Waals surface area (Å²) in [6.45, 7) is 1.66. The molecule has 1 aromatic rings. The van der Waals surface area contributed by atoms with Crippen LogP contribution in [0.25, 0.3) is 0 Å². The third kappa shape index (κ3) is 4.42. The van der Waals surface area contributed by atoms with Crippen molar-refractivity contribution in [2.24, 2.45) is 0 Å². The van der Waals surface area contributed by atoms with Crippen LogP contribution >= 0.6 is 0 Å². The highest BCUT2D eigenvalue weighted by Gasteiger charge is 2.33. The van der Waals surface area contributed by atoms with Gasteiger partial charge in [0.15, 0.2) is 11.6 Å². The molecule has 0 saturated carbocycles. The maximum Gasteiger partial charge on any atom is 0.573 e. The van der Waals surface area contributed by atoms with E-state index < -0.39 is 30.3 Å². The molecule has 8 heteroatoms. The molecule has 1 rings (SSSR count). The molecule has 0 atom stereocenters. The van der Waals surface area contributed by atoms with Crippen LogP contribution in [0.5, 0.6) is 5.75 Å². The number of alkyl halides is 3. The molecule has 0 spiro atoms.